The zero-order valence-electron chi connectivity index (χ0n) is 18.1. The summed E-state index contributed by atoms with van der Waals surface area (Å²) in [6, 6.07) is 18.3. The second-order valence-electron chi connectivity index (χ2n) is 7.62. The Labute approximate surface area is 186 Å². The number of carbonyl (C=O) groups excluding carboxylic acids is 1. The van der Waals surface area contributed by atoms with Crippen molar-refractivity contribution >= 4 is 22.9 Å². The molecule has 0 fully saturated rings. The lowest BCUT2D eigenvalue weighted by atomic mass is 10.0. The van der Waals surface area contributed by atoms with Crippen molar-refractivity contribution in [1.82, 2.24) is 14.8 Å². The summed E-state index contributed by atoms with van der Waals surface area (Å²) < 4.78 is 1.89. The summed E-state index contributed by atoms with van der Waals surface area (Å²) in [6.07, 6.45) is 2.06. The zero-order valence-corrected chi connectivity index (χ0v) is 18.9. The van der Waals surface area contributed by atoms with Gasteiger partial charge in [-0.2, -0.15) is 5.10 Å². The van der Waals surface area contributed by atoms with Crippen LogP contribution in [-0.2, 0) is 24.1 Å². The van der Waals surface area contributed by atoms with Crippen molar-refractivity contribution in [3.05, 3.63) is 93.7 Å². The highest BCUT2D eigenvalue weighted by molar-refractivity contribution is 7.12. The molecule has 4 rings (SSSR count). The SMILES string of the molecule is CCc1ccc(NC(=O)Cc2csc(-n3nc(C)c(Cc4ccccc4)c3C)n2)cc1. The molecule has 0 saturated carbocycles. The van der Waals surface area contributed by atoms with Gasteiger partial charge in [0, 0.05) is 28.7 Å². The highest BCUT2D eigenvalue weighted by Gasteiger charge is 2.16. The van der Waals surface area contributed by atoms with Crippen molar-refractivity contribution in [3.63, 3.8) is 0 Å². The summed E-state index contributed by atoms with van der Waals surface area (Å²) in [5.41, 5.74) is 7.38. The van der Waals surface area contributed by atoms with E-state index in [2.05, 4.69) is 48.4 Å². The molecule has 0 spiro atoms. The average molecular weight is 431 g/mol. The summed E-state index contributed by atoms with van der Waals surface area (Å²) in [7, 11) is 0. The number of carbonyl (C=O) groups is 1. The minimum Gasteiger partial charge on any atom is -0.326 e. The molecule has 6 heteroatoms. The number of rotatable bonds is 7. The molecule has 0 aliphatic rings. The van der Waals surface area contributed by atoms with E-state index in [1.165, 1.54) is 28.0 Å². The average Bonchev–Trinajstić information content (AvgIpc) is 3.34. The number of hydrogen-bond acceptors (Lipinski definition) is 4. The van der Waals surface area contributed by atoms with Crippen molar-refractivity contribution < 1.29 is 4.79 Å². The van der Waals surface area contributed by atoms with Crippen LogP contribution in [0.25, 0.3) is 5.13 Å². The zero-order chi connectivity index (χ0) is 21.8. The van der Waals surface area contributed by atoms with Crippen molar-refractivity contribution in [2.75, 3.05) is 5.32 Å². The molecule has 5 nitrogen and oxygen atoms in total. The minimum atomic E-state index is -0.0702. The van der Waals surface area contributed by atoms with Gasteiger partial charge in [-0.1, -0.05) is 49.4 Å². The Kier molecular flexibility index (Phi) is 6.28. The first-order valence-electron chi connectivity index (χ1n) is 10.5. The fraction of sp³-hybridized carbons (Fsp3) is 0.240. The largest absolute Gasteiger partial charge is 0.326 e. The molecule has 2 aromatic heterocycles. The van der Waals surface area contributed by atoms with Gasteiger partial charge in [0.25, 0.3) is 0 Å². The second-order valence-corrected chi connectivity index (χ2v) is 8.46. The maximum atomic E-state index is 12.4. The predicted octanol–water partition coefficient (Wildman–Crippen LogP) is 5.28. The lowest BCUT2D eigenvalue weighted by molar-refractivity contribution is -0.115. The standard InChI is InChI=1S/C25H26N4OS/c1-4-19-10-12-21(13-11-19)26-24(30)15-22-16-31-25(27-22)29-18(3)23(17(2)28-29)14-20-8-6-5-7-9-20/h5-13,16H,4,14-15H2,1-3H3,(H,26,30). The lowest BCUT2D eigenvalue weighted by Crippen LogP contribution is -2.14. The molecule has 2 heterocycles. The van der Waals surface area contributed by atoms with Crippen molar-refractivity contribution in [2.24, 2.45) is 0 Å². The smallest absolute Gasteiger partial charge is 0.230 e. The van der Waals surface area contributed by atoms with Crippen LogP contribution in [0.3, 0.4) is 0 Å². The third kappa shape index (κ3) is 4.91. The highest BCUT2D eigenvalue weighted by Crippen LogP contribution is 2.23. The molecule has 0 aliphatic carbocycles. The molecule has 2 aromatic carbocycles. The maximum absolute atomic E-state index is 12.4. The summed E-state index contributed by atoms with van der Waals surface area (Å²) >= 11 is 1.51. The third-order valence-electron chi connectivity index (χ3n) is 5.37. The second kappa shape index (κ2) is 9.27. The molecule has 158 valence electrons. The Hall–Kier alpha value is -3.25. The van der Waals surface area contributed by atoms with Gasteiger partial charge < -0.3 is 5.32 Å². The van der Waals surface area contributed by atoms with E-state index in [0.717, 1.165) is 40.7 Å². The number of anilines is 1. The first-order chi connectivity index (χ1) is 15.0. The van der Waals surface area contributed by atoms with Crippen LogP contribution in [-0.4, -0.2) is 20.7 Å². The van der Waals surface area contributed by atoms with Crippen molar-refractivity contribution in [3.8, 4) is 5.13 Å². The number of aromatic nitrogens is 3. The van der Waals surface area contributed by atoms with Gasteiger partial charge >= 0.3 is 0 Å². The summed E-state index contributed by atoms with van der Waals surface area (Å²) in [5.74, 6) is -0.0702. The molecule has 0 unspecified atom stereocenters. The van der Waals surface area contributed by atoms with E-state index >= 15 is 0 Å². The predicted molar refractivity (Wildman–Crippen MR) is 126 cm³/mol. The van der Waals surface area contributed by atoms with Crippen LogP contribution in [0, 0.1) is 13.8 Å². The number of hydrogen-bond donors (Lipinski definition) is 1. The Balaban J connectivity index is 1.46. The van der Waals surface area contributed by atoms with Gasteiger partial charge in [-0.05, 0) is 43.5 Å². The topological polar surface area (TPSA) is 59.8 Å². The molecule has 0 radical (unpaired) electrons. The van der Waals surface area contributed by atoms with Gasteiger partial charge in [0.2, 0.25) is 11.0 Å². The van der Waals surface area contributed by atoms with E-state index in [9.17, 15) is 4.79 Å². The van der Waals surface area contributed by atoms with Crippen LogP contribution in [0.1, 0.15) is 40.7 Å². The minimum absolute atomic E-state index is 0.0702. The summed E-state index contributed by atoms with van der Waals surface area (Å²) in [5, 5.41) is 10.4. The van der Waals surface area contributed by atoms with Gasteiger partial charge in [0.15, 0.2) is 0 Å². The van der Waals surface area contributed by atoms with Gasteiger partial charge in [-0.25, -0.2) is 9.67 Å². The number of aryl methyl sites for hydroxylation is 2. The van der Waals surface area contributed by atoms with Crippen LogP contribution in [0.4, 0.5) is 5.69 Å². The van der Waals surface area contributed by atoms with E-state index in [4.69, 9.17) is 5.10 Å². The molecule has 0 aliphatic heterocycles. The van der Waals surface area contributed by atoms with Gasteiger partial charge in [0.1, 0.15) is 0 Å². The Morgan fingerprint density at radius 2 is 1.77 bits per heavy atom. The number of thiazole rings is 1. The fourth-order valence-corrected chi connectivity index (χ4v) is 4.41. The molecular weight excluding hydrogens is 404 g/mol. The molecule has 0 saturated heterocycles. The molecule has 31 heavy (non-hydrogen) atoms. The maximum Gasteiger partial charge on any atom is 0.230 e. The Morgan fingerprint density at radius 3 is 2.48 bits per heavy atom. The van der Waals surface area contributed by atoms with E-state index < -0.39 is 0 Å². The number of amides is 1. The molecule has 1 N–H and O–H groups in total. The van der Waals surface area contributed by atoms with Gasteiger partial charge in [-0.3, -0.25) is 4.79 Å². The van der Waals surface area contributed by atoms with Crippen LogP contribution < -0.4 is 5.32 Å². The fourth-order valence-electron chi connectivity index (χ4n) is 3.59. The monoisotopic (exact) mass is 430 g/mol. The van der Waals surface area contributed by atoms with Crippen LogP contribution in [0.15, 0.2) is 60.0 Å². The van der Waals surface area contributed by atoms with Crippen LogP contribution in [0.5, 0.6) is 0 Å². The van der Waals surface area contributed by atoms with E-state index in [-0.39, 0.29) is 12.3 Å². The number of benzene rings is 2. The van der Waals surface area contributed by atoms with Crippen LogP contribution >= 0.6 is 11.3 Å². The van der Waals surface area contributed by atoms with E-state index in [1.54, 1.807) is 0 Å². The summed E-state index contributed by atoms with van der Waals surface area (Å²) in [6.45, 7) is 6.22. The highest BCUT2D eigenvalue weighted by atomic mass is 32.1. The Bertz CT molecular complexity index is 1180. The summed E-state index contributed by atoms with van der Waals surface area (Å²) in [4.78, 5) is 17.1. The molecule has 0 atom stereocenters. The normalized spacial score (nSPS) is 10.9. The number of nitrogens with one attached hydrogen (secondary N) is 1. The molecular formula is C25H26N4OS. The number of nitrogens with zero attached hydrogens (tertiary/aromatic N) is 3. The van der Waals surface area contributed by atoms with E-state index in [1.807, 2.05) is 47.3 Å². The van der Waals surface area contributed by atoms with Gasteiger partial charge in [0.05, 0.1) is 17.8 Å². The van der Waals surface area contributed by atoms with Gasteiger partial charge in [-0.15, -0.1) is 11.3 Å². The van der Waals surface area contributed by atoms with Crippen molar-refractivity contribution in [1.29, 1.82) is 0 Å². The first kappa shape index (κ1) is 21.0. The quantitative estimate of drug-likeness (QED) is 0.434. The lowest BCUT2D eigenvalue weighted by Gasteiger charge is -2.05. The van der Waals surface area contributed by atoms with E-state index in [0.29, 0.717) is 0 Å². The first-order valence-corrected chi connectivity index (χ1v) is 11.3. The third-order valence-corrected chi connectivity index (χ3v) is 6.24. The van der Waals surface area contributed by atoms with Crippen LogP contribution in [0.2, 0.25) is 0 Å². The Morgan fingerprint density at radius 1 is 1.03 bits per heavy atom. The molecule has 0 bridgehead atoms. The van der Waals surface area contributed by atoms with Crippen molar-refractivity contribution in [2.45, 2.75) is 40.0 Å². The molecule has 1 amide bonds. The molecule has 4 aromatic rings.